The minimum Gasteiger partial charge on any atom is -0.340 e. The van der Waals surface area contributed by atoms with Gasteiger partial charge in [0.1, 0.15) is 5.54 Å². The van der Waals surface area contributed by atoms with Gasteiger partial charge in [0.15, 0.2) is 5.16 Å². The number of nitrogens with two attached hydrogens (primary N) is 1. The SMILES string of the molecule is CC(N)(C#N)CCCCSc1ncc[nH]1. The fourth-order valence-electron chi connectivity index (χ4n) is 1.15. The molecular formula is C10H16N4S. The minimum atomic E-state index is -0.671. The highest BCUT2D eigenvalue weighted by molar-refractivity contribution is 7.99. The number of thioether (sulfide) groups is 1. The van der Waals surface area contributed by atoms with Crippen LogP contribution in [0, 0.1) is 11.3 Å². The zero-order valence-corrected chi connectivity index (χ0v) is 9.68. The summed E-state index contributed by atoms with van der Waals surface area (Å²) in [5.41, 5.74) is 5.04. The summed E-state index contributed by atoms with van der Waals surface area (Å²) in [6, 6.07) is 2.10. The lowest BCUT2D eigenvalue weighted by Crippen LogP contribution is -2.33. The Kier molecular flexibility index (Phi) is 4.66. The number of nitrogens with zero attached hydrogens (tertiary/aromatic N) is 2. The predicted molar refractivity (Wildman–Crippen MR) is 61.4 cm³/mol. The molecule has 1 rings (SSSR count). The number of nitriles is 1. The quantitative estimate of drug-likeness (QED) is 0.571. The van der Waals surface area contributed by atoms with Crippen molar-refractivity contribution in [3.05, 3.63) is 12.4 Å². The topological polar surface area (TPSA) is 78.5 Å². The molecule has 0 bridgehead atoms. The van der Waals surface area contributed by atoms with Crippen LogP contribution < -0.4 is 5.73 Å². The van der Waals surface area contributed by atoms with E-state index in [4.69, 9.17) is 11.0 Å². The number of aromatic amines is 1. The van der Waals surface area contributed by atoms with Crippen molar-refractivity contribution in [2.45, 2.75) is 36.9 Å². The first-order chi connectivity index (χ1) is 7.14. The Bertz CT molecular complexity index is 313. The first-order valence-electron chi connectivity index (χ1n) is 4.96. The molecule has 15 heavy (non-hydrogen) atoms. The van der Waals surface area contributed by atoms with E-state index >= 15 is 0 Å². The predicted octanol–water partition coefficient (Wildman–Crippen LogP) is 1.91. The molecule has 0 saturated heterocycles. The molecule has 5 heteroatoms. The third kappa shape index (κ3) is 4.86. The van der Waals surface area contributed by atoms with E-state index in [1.807, 2.05) is 6.20 Å². The second-order valence-corrected chi connectivity index (χ2v) is 4.81. The molecule has 1 aromatic heterocycles. The van der Waals surface area contributed by atoms with Crippen LogP contribution in [0.3, 0.4) is 0 Å². The first kappa shape index (κ1) is 12.1. The Morgan fingerprint density at radius 1 is 1.67 bits per heavy atom. The molecule has 0 spiro atoms. The van der Waals surface area contributed by atoms with Crippen LogP contribution >= 0.6 is 11.8 Å². The number of nitrogens with one attached hydrogen (secondary N) is 1. The molecule has 82 valence electrons. The number of hydrogen-bond donors (Lipinski definition) is 2. The maximum absolute atomic E-state index is 8.71. The molecule has 0 aliphatic rings. The second-order valence-electron chi connectivity index (χ2n) is 3.73. The van der Waals surface area contributed by atoms with Gasteiger partial charge in [0.25, 0.3) is 0 Å². The molecule has 0 saturated carbocycles. The lowest BCUT2D eigenvalue weighted by molar-refractivity contribution is 0.519. The summed E-state index contributed by atoms with van der Waals surface area (Å²) in [7, 11) is 0. The van der Waals surface area contributed by atoms with E-state index in [-0.39, 0.29) is 0 Å². The fraction of sp³-hybridized carbons (Fsp3) is 0.600. The number of rotatable bonds is 6. The van der Waals surface area contributed by atoms with Gasteiger partial charge in [-0.1, -0.05) is 11.8 Å². The van der Waals surface area contributed by atoms with Crippen LogP contribution in [0.5, 0.6) is 0 Å². The van der Waals surface area contributed by atoms with Crippen molar-refractivity contribution in [2.24, 2.45) is 5.73 Å². The zero-order chi connectivity index (χ0) is 11.1. The van der Waals surface area contributed by atoms with E-state index in [0.717, 1.165) is 30.2 Å². The van der Waals surface area contributed by atoms with Gasteiger partial charge in [0.2, 0.25) is 0 Å². The summed E-state index contributed by atoms with van der Waals surface area (Å²) in [6.07, 6.45) is 6.35. The summed E-state index contributed by atoms with van der Waals surface area (Å²) in [4.78, 5) is 7.14. The Balaban J connectivity index is 2.06. The fourth-order valence-corrected chi connectivity index (χ4v) is 1.98. The van der Waals surface area contributed by atoms with E-state index in [0.29, 0.717) is 0 Å². The van der Waals surface area contributed by atoms with Crippen molar-refractivity contribution >= 4 is 11.8 Å². The molecule has 0 fully saturated rings. The summed E-state index contributed by atoms with van der Waals surface area (Å²) in [6.45, 7) is 1.77. The smallest absolute Gasteiger partial charge is 0.165 e. The van der Waals surface area contributed by atoms with E-state index in [1.165, 1.54) is 0 Å². The number of imidazole rings is 1. The van der Waals surface area contributed by atoms with Gasteiger partial charge in [-0.2, -0.15) is 5.26 Å². The average Bonchev–Trinajstić information content (AvgIpc) is 2.70. The van der Waals surface area contributed by atoms with Gasteiger partial charge in [-0.3, -0.25) is 0 Å². The highest BCUT2D eigenvalue weighted by Crippen LogP contribution is 2.16. The third-order valence-corrected chi connectivity index (χ3v) is 3.05. The average molecular weight is 224 g/mol. The van der Waals surface area contributed by atoms with Gasteiger partial charge in [-0.05, 0) is 26.2 Å². The van der Waals surface area contributed by atoms with E-state index in [1.54, 1.807) is 24.9 Å². The molecular weight excluding hydrogens is 208 g/mol. The Labute approximate surface area is 94.3 Å². The lowest BCUT2D eigenvalue weighted by Gasteiger charge is -2.13. The Morgan fingerprint density at radius 2 is 2.47 bits per heavy atom. The molecule has 0 aliphatic heterocycles. The molecule has 1 unspecified atom stereocenters. The van der Waals surface area contributed by atoms with Crippen molar-refractivity contribution in [1.29, 1.82) is 5.26 Å². The van der Waals surface area contributed by atoms with Gasteiger partial charge in [-0.25, -0.2) is 4.98 Å². The number of aromatic nitrogens is 2. The third-order valence-electron chi connectivity index (χ3n) is 2.06. The highest BCUT2D eigenvalue weighted by atomic mass is 32.2. The Hall–Kier alpha value is -0.990. The van der Waals surface area contributed by atoms with E-state index < -0.39 is 5.54 Å². The monoisotopic (exact) mass is 224 g/mol. The molecule has 1 aromatic rings. The van der Waals surface area contributed by atoms with Crippen LogP contribution in [0.15, 0.2) is 17.6 Å². The number of H-pyrrole nitrogens is 1. The van der Waals surface area contributed by atoms with Crippen LogP contribution in [-0.2, 0) is 0 Å². The number of hydrogen-bond acceptors (Lipinski definition) is 4. The standard InChI is InChI=1S/C10H16N4S/c1-10(12,8-11)4-2-3-7-15-9-13-5-6-14-9/h5-6H,2-4,7,12H2,1H3,(H,13,14). The largest absolute Gasteiger partial charge is 0.340 e. The van der Waals surface area contributed by atoms with Crippen molar-refractivity contribution < 1.29 is 0 Å². The van der Waals surface area contributed by atoms with Gasteiger partial charge >= 0.3 is 0 Å². The molecule has 1 heterocycles. The molecule has 0 radical (unpaired) electrons. The minimum absolute atomic E-state index is 0.671. The maximum Gasteiger partial charge on any atom is 0.165 e. The summed E-state index contributed by atoms with van der Waals surface area (Å²) in [5.74, 6) is 1.01. The van der Waals surface area contributed by atoms with Crippen LogP contribution in [0.1, 0.15) is 26.2 Å². The van der Waals surface area contributed by atoms with Gasteiger partial charge in [0.05, 0.1) is 6.07 Å². The highest BCUT2D eigenvalue weighted by Gasteiger charge is 2.15. The van der Waals surface area contributed by atoms with E-state index in [2.05, 4.69) is 16.0 Å². The zero-order valence-electron chi connectivity index (χ0n) is 8.86. The molecule has 0 aromatic carbocycles. The maximum atomic E-state index is 8.71. The molecule has 4 nitrogen and oxygen atoms in total. The molecule has 1 atom stereocenters. The van der Waals surface area contributed by atoms with Crippen LogP contribution in [0.4, 0.5) is 0 Å². The first-order valence-corrected chi connectivity index (χ1v) is 5.95. The van der Waals surface area contributed by atoms with E-state index in [9.17, 15) is 0 Å². The van der Waals surface area contributed by atoms with Crippen LogP contribution in [0.25, 0.3) is 0 Å². The lowest BCUT2D eigenvalue weighted by atomic mass is 9.99. The Morgan fingerprint density at radius 3 is 3.07 bits per heavy atom. The summed E-state index contributed by atoms with van der Waals surface area (Å²) >= 11 is 1.69. The van der Waals surface area contributed by atoms with Crippen molar-refractivity contribution in [3.8, 4) is 6.07 Å². The summed E-state index contributed by atoms with van der Waals surface area (Å²) < 4.78 is 0. The van der Waals surface area contributed by atoms with Crippen molar-refractivity contribution in [1.82, 2.24) is 9.97 Å². The number of unbranched alkanes of at least 4 members (excludes halogenated alkanes) is 1. The van der Waals surface area contributed by atoms with Gasteiger partial charge in [-0.15, -0.1) is 0 Å². The van der Waals surface area contributed by atoms with Gasteiger partial charge in [0, 0.05) is 18.1 Å². The van der Waals surface area contributed by atoms with Crippen molar-refractivity contribution in [3.63, 3.8) is 0 Å². The molecule has 0 aliphatic carbocycles. The van der Waals surface area contributed by atoms with Crippen molar-refractivity contribution in [2.75, 3.05) is 5.75 Å². The normalized spacial score (nSPS) is 14.5. The molecule has 0 amide bonds. The van der Waals surface area contributed by atoms with Crippen LogP contribution in [-0.4, -0.2) is 21.3 Å². The molecule has 3 N–H and O–H groups in total. The van der Waals surface area contributed by atoms with Gasteiger partial charge < -0.3 is 10.7 Å². The second kappa shape index (κ2) is 5.79. The summed E-state index contributed by atoms with van der Waals surface area (Å²) in [5, 5.41) is 9.66. The van der Waals surface area contributed by atoms with Crippen LogP contribution in [0.2, 0.25) is 0 Å².